The zero-order chi connectivity index (χ0) is 18.5. The highest BCUT2D eigenvalue weighted by Crippen LogP contribution is 2.21. The first-order valence-electron chi connectivity index (χ1n) is 8.65. The quantitative estimate of drug-likeness (QED) is 0.542. The summed E-state index contributed by atoms with van der Waals surface area (Å²) in [4.78, 5) is 26.3. The number of rotatable bonds is 7. The minimum atomic E-state index is -0.520. The second-order valence-corrected chi connectivity index (χ2v) is 7.76. The lowest BCUT2D eigenvalue weighted by Gasteiger charge is -2.11. The molecule has 2 aromatic rings. The molecular weight excluding hydrogens is 352 g/mol. The zero-order valence-electron chi connectivity index (χ0n) is 14.9. The third-order valence-corrected chi connectivity index (χ3v) is 5.19. The molecule has 1 aliphatic heterocycles. The van der Waals surface area contributed by atoms with Gasteiger partial charge in [0.05, 0.1) is 11.7 Å². The van der Waals surface area contributed by atoms with Crippen molar-refractivity contribution in [2.45, 2.75) is 32.8 Å². The molecule has 0 spiro atoms. The van der Waals surface area contributed by atoms with Crippen molar-refractivity contribution in [2.24, 2.45) is 0 Å². The van der Waals surface area contributed by atoms with Crippen LogP contribution in [0.25, 0.3) is 0 Å². The number of hydrogen-bond donors (Lipinski definition) is 0. The minimum Gasteiger partial charge on any atom is -0.491 e. The van der Waals surface area contributed by atoms with Crippen LogP contribution in [0.5, 0.6) is 5.75 Å². The molecule has 1 saturated heterocycles. The van der Waals surface area contributed by atoms with Gasteiger partial charge in [0.2, 0.25) is 5.78 Å². The van der Waals surface area contributed by atoms with Gasteiger partial charge in [-0.2, -0.15) is 0 Å². The number of esters is 1. The molecule has 6 heteroatoms. The molecule has 0 aliphatic carbocycles. The summed E-state index contributed by atoms with van der Waals surface area (Å²) in [5.74, 6) is -0.0251. The second-order valence-electron chi connectivity index (χ2n) is 6.30. The Hall–Kier alpha value is -2.18. The van der Waals surface area contributed by atoms with E-state index in [0.717, 1.165) is 29.2 Å². The van der Waals surface area contributed by atoms with E-state index in [1.54, 1.807) is 35.6 Å². The molecule has 0 bridgehead atoms. The molecule has 5 nitrogen and oxygen atoms in total. The normalized spacial score (nSPS) is 16.5. The van der Waals surface area contributed by atoms with Crippen molar-refractivity contribution in [2.75, 3.05) is 19.8 Å². The number of ketones is 1. The Kier molecular flexibility index (Phi) is 6.06. The van der Waals surface area contributed by atoms with E-state index in [4.69, 9.17) is 14.2 Å². The molecule has 0 radical (unpaired) electrons. The van der Waals surface area contributed by atoms with Crippen LogP contribution in [0.1, 0.15) is 43.3 Å². The maximum atomic E-state index is 12.2. The summed E-state index contributed by atoms with van der Waals surface area (Å²) < 4.78 is 16.3. The van der Waals surface area contributed by atoms with E-state index < -0.39 is 5.97 Å². The summed E-state index contributed by atoms with van der Waals surface area (Å²) >= 11 is 1.56. The Bertz CT molecular complexity index is 772. The summed E-state index contributed by atoms with van der Waals surface area (Å²) in [6, 6.07) is 8.55. The number of aryl methyl sites for hydroxylation is 2. The topological polar surface area (TPSA) is 61.8 Å². The first-order valence-corrected chi connectivity index (χ1v) is 9.46. The van der Waals surface area contributed by atoms with Crippen LogP contribution in [-0.2, 0) is 9.47 Å². The lowest BCUT2D eigenvalue weighted by atomic mass is 10.1. The fourth-order valence-corrected chi connectivity index (χ4v) is 3.79. The monoisotopic (exact) mass is 374 g/mol. The van der Waals surface area contributed by atoms with Crippen LogP contribution in [-0.4, -0.2) is 37.7 Å². The Balaban J connectivity index is 1.49. The summed E-state index contributed by atoms with van der Waals surface area (Å²) in [5.41, 5.74) is 1.01. The van der Waals surface area contributed by atoms with Crippen molar-refractivity contribution >= 4 is 23.1 Å². The van der Waals surface area contributed by atoms with Gasteiger partial charge in [0.25, 0.3) is 0 Å². The number of thiophene rings is 1. The fraction of sp³-hybridized carbons (Fsp3) is 0.400. The average molecular weight is 374 g/mol. The molecule has 1 fully saturated rings. The van der Waals surface area contributed by atoms with E-state index in [2.05, 4.69) is 0 Å². The van der Waals surface area contributed by atoms with Gasteiger partial charge in [0.15, 0.2) is 6.61 Å². The van der Waals surface area contributed by atoms with Crippen LogP contribution in [0, 0.1) is 13.8 Å². The SMILES string of the molecule is Cc1cc(C(=O)COC(=O)c2ccc(OC[C@@H]3CCCO3)cc2)c(C)s1. The number of benzene rings is 1. The van der Waals surface area contributed by atoms with Crippen molar-refractivity contribution in [3.8, 4) is 5.75 Å². The predicted octanol–water partition coefficient (Wildman–Crippen LogP) is 3.96. The molecule has 0 N–H and O–H groups in total. The standard InChI is InChI=1S/C20H22O5S/c1-13-10-18(14(2)26-13)19(21)12-25-20(22)15-5-7-16(8-6-15)24-11-17-4-3-9-23-17/h5-8,10,17H,3-4,9,11-12H2,1-2H3/t17-/m0/s1. The van der Waals surface area contributed by atoms with Gasteiger partial charge in [-0.05, 0) is 57.0 Å². The van der Waals surface area contributed by atoms with E-state index in [0.29, 0.717) is 23.5 Å². The van der Waals surface area contributed by atoms with Crippen LogP contribution in [0.15, 0.2) is 30.3 Å². The maximum absolute atomic E-state index is 12.2. The van der Waals surface area contributed by atoms with Crippen LogP contribution in [0.2, 0.25) is 0 Å². The van der Waals surface area contributed by atoms with Gasteiger partial charge in [0, 0.05) is 21.9 Å². The lowest BCUT2D eigenvalue weighted by Crippen LogP contribution is -2.16. The maximum Gasteiger partial charge on any atom is 0.338 e. The highest BCUT2D eigenvalue weighted by Gasteiger charge is 2.17. The fourth-order valence-electron chi connectivity index (χ4n) is 2.85. The van der Waals surface area contributed by atoms with E-state index in [-0.39, 0.29) is 18.5 Å². The third-order valence-electron chi connectivity index (χ3n) is 4.23. The zero-order valence-corrected chi connectivity index (χ0v) is 15.8. The third kappa shape index (κ3) is 4.71. The largest absolute Gasteiger partial charge is 0.491 e. The number of Topliss-reactive ketones (excluding diaryl/α,β-unsaturated/α-hetero) is 1. The Morgan fingerprint density at radius 2 is 2.00 bits per heavy atom. The molecule has 0 unspecified atom stereocenters. The van der Waals surface area contributed by atoms with Gasteiger partial charge in [-0.1, -0.05) is 0 Å². The van der Waals surface area contributed by atoms with Crippen LogP contribution in [0.3, 0.4) is 0 Å². The molecular formula is C20H22O5S. The van der Waals surface area contributed by atoms with Gasteiger partial charge >= 0.3 is 5.97 Å². The molecule has 26 heavy (non-hydrogen) atoms. The predicted molar refractivity (Wildman–Crippen MR) is 99.3 cm³/mol. The molecule has 0 amide bonds. The number of carbonyl (C=O) groups is 2. The van der Waals surface area contributed by atoms with E-state index >= 15 is 0 Å². The van der Waals surface area contributed by atoms with Crippen molar-refractivity contribution in [3.63, 3.8) is 0 Å². The lowest BCUT2D eigenvalue weighted by molar-refractivity contribution is 0.0474. The molecule has 0 saturated carbocycles. The summed E-state index contributed by atoms with van der Waals surface area (Å²) in [5, 5.41) is 0. The smallest absolute Gasteiger partial charge is 0.338 e. The molecule has 3 rings (SSSR count). The van der Waals surface area contributed by atoms with E-state index in [1.807, 2.05) is 19.9 Å². The summed E-state index contributed by atoms with van der Waals surface area (Å²) in [6.07, 6.45) is 2.23. The van der Waals surface area contributed by atoms with E-state index in [1.165, 1.54) is 0 Å². The highest BCUT2D eigenvalue weighted by atomic mass is 32.1. The van der Waals surface area contributed by atoms with Crippen LogP contribution >= 0.6 is 11.3 Å². The van der Waals surface area contributed by atoms with Gasteiger partial charge in [-0.15, -0.1) is 11.3 Å². The summed E-state index contributed by atoms with van der Waals surface area (Å²) in [6.45, 7) is 4.89. The first kappa shape index (κ1) is 18.6. The van der Waals surface area contributed by atoms with Crippen LogP contribution < -0.4 is 4.74 Å². The van der Waals surface area contributed by atoms with Gasteiger partial charge in [0.1, 0.15) is 12.4 Å². The summed E-state index contributed by atoms with van der Waals surface area (Å²) in [7, 11) is 0. The molecule has 1 aromatic heterocycles. The molecule has 138 valence electrons. The minimum absolute atomic E-state index is 0.148. The molecule has 2 heterocycles. The van der Waals surface area contributed by atoms with Crippen LogP contribution in [0.4, 0.5) is 0 Å². The number of ether oxygens (including phenoxy) is 3. The Morgan fingerprint density at radius 3 is 2.62 bits per heavy atom. The average Bonchev–Trinajstić information content (AvgIpc) is 3.27. The number of hydrogen-bond acceptors (Lipinski definition) is 6. The first-order chi connectivity index (χ1) is 12.5. The van der Waals surface area contributed by atoms with Gasteiger partial charge in [-0.25, -0.2) is 4.79 Å². The van der Waals surface area contributed by atoms with Crippen molar-refractivity contribution in [1.82, 2.24) is 0 Å². The molecule has 1 aliphatic rings. The van der Waals surface area contributed by atoms with Gasteiger partial charge < -0.3 is 14.2 Å². The Labute approximate surface area is 156 Å². The number of carbonyl (C=O) groups excluding carboxylic acids is 2. The van der Waals surface area contributed by atoms with Gasteiger partial charge in [-0.3, -0.25) is 4.79 Å². The van der Waals surface area contributed by atoms with E-state index in [9.17, 15) is 9.59 Å². The highest BCUT2D eigenvalue weighted by molar-refractivity contribution is 7.12. The molecule has 1 atom stereocenters. The second kappa shape index (κ2) is 8.47. The van der Waals surface area contributed by atoms with Crippen molar-refractivity contribution in [1.29, 1.82) is 0 Å². The van der Waals surface area contributed by atoms with Crippen molar-refractivity contribution < 1.29 is 23.8 Å². The van der Waals surface area contributed by atoms with Crippen molar-refractivity contribution in [3.05, 3.63) is 51.2 Å². The Morgan fingerprint density at radius 1 is 1.23 bits per heavy atom. The molecule has 1 aromatic carbocycles.